The van der Waals surface area contributed by atoms with Crippen LogP contribution in [0.5, 0.6) is 0 Å². The number of hydrogen-bond acceptors (Lipinski definition) is 5. The van der Waals surface area contributed by atoms with Crippen molar-refractivity contribution in [2.45, 2.75) is 39.8 Å². The molecular weight excluding hydrogens is 194 g/mol. The molecule has 0 fully saturated rings. The molecule has 0 bridgehead atoms. The first-order chi connectivity index (χ1) is 7.36. The summed E-state index contributed by atoms with van der Waals surface area (Å²) < 4.78 is 10.7. The molecule has 1 rings (SSSR count). The van der Waals surface area contributed by atoms with Gasteiger partial charge < -0.3 is 14.5 Å². The Labute approximate surface area is 90.2 Å². The van der Waals surface area contributed by atoms with Crippen molar-refractivity contribution < 1.29 is 9.15 Å². The summed E-state index contributed by atoms with van der Waals surface area (Å²) >= 11 is 0. The van der Waals surface area contributed by atoms with Gasteiger partial charge in [0.15, 0.2) is 0 Å². The Hall–Kier alpha value is -0.940. The Bertz CT molecular complexity index is 238. The summed E-state index contributed by atoms with van der Waals surface area (Å²) in [5.41, 5.74) is 0. The van der Waals surface area contributed by atoms with Crippen LogP contribution in [-0.4, -0.2) is 23.3 Å². The number of ether oxygens (including phenoxy) is 1. The summed E-state index contributed by atoms with van der Waals surface area (Å²) in [7, 11) is 0. The number of nitrogens with one attached hydrogen (secondary N) is 1. The lowest BCUT2D eigenvalue weighted by atomic mass is 10.5. The zero-order valence-electron chi connectivity index (χ0n) is 9.45. The summed E-state index contributed by atoms with van der Waals surface area (Å²) in [4.78, 5) is 0. The first-order valence-corrected chi connectivity index (χ1v) is 5.46. The lowest BCUT2D eigenvalue weighted by Gasteiger charge is -1.97. The van der Waals surface area contributed by atoms with Gasteiger partial charge in [0, 0.05) is 6.61 Å². The highest BCUT2D eigenvalue weighted by Crippen LogP contribution is 2.01. The number of rotatable bonds is 8. The quantitative estimate of drug-likeness (QED) is 0.663. The van der Waals surface area contributed by atoms with Gasteiger partial charge in [0.25, 0.3) is 0 Å². The van der Waals surface area contributed by atoms with Crippen LogP contribution in [0.25, 0.3) is 0 Å². The summed E-state index contributed by atoms with van der Waals surface area (Å²) in [6.45, 7) is 6.91. The van der Waals surface area contributed by atoms with E-state index in [1.165, 1.54) is 0 Å². The Kier molecular flexibility index (Phi) is 5.96. The molecule has 1 aromatic rings. The van der Waals surface area contributed by atoms with Crippen LogP contribution in [0.4, 0.5) is 0 Å². The Balaban J connectivity index is 2.23. The normalized spacial score (nSPS) is 10.8. The van der Waals surface area contributed by atoms with Crippen molar-refractivity contribution in [3.8, 4) is 0 Å². The molecule has 0 aliphatic rings. The monoisotopic (exact) mass is 213 g/mol. The van der Waals surface area contributed by atoms with E-state index in [1.54, 1.807) is 0 Å². The van der Waals surface area contributed by atoms with Gasteiger partial charge >= 0.3 is 0 Å². The Morgan fingerprint density at radius 3 is 2.73 bits per heavy atom. The SMILES string of the molecule is CCCNCc1nnc(COCCC)o1. The lowest BCUT2D eigenvalue weighted by Crippen LogP contribution is -2.13. The summed E-state index contributed by atoms with van der Waals surface area (Å²) in [5, 5.41) is 11.0. The van der Waals surface area contributed by atoms with Crippen LogP contribution in [0, 0.1) is 0 Å². The fourth-order valence-corrected chi connectivity index (χ4v) is 1.09. The van der Waals surface area contributed by atoms with E-state index in [1.807, 2.05) is 0 Å². The third kappa shape index (κ3) is 4.90. The first-order valence-electron chi connectivity index (χ1n) is 5.46. The molecule has 0 aromatic carbocycles. The Morgan fingerprint density at radius 1 is 1.20 bits per heavy atom. The van der Waals surface area contributed by atoms with Crippen LogP contribution in [0.2, 0.25) is 0 Å². The molecular formula is C10H19N3O2. The summed E-state index contributed by atoms with van der Waals surface area (Å²) in [5.74, 6) is 1.18. The largest absolute Gasteiger partial charge is 0.421 e. The van der Waals surface area contributed by atoms with Crippen LogP contribution in [-0.2, 0) is 17.9 Å². The van der Waals surface area contributed by atoms with Crippen molar-refractivity contribution in [1.29, 1.82) is 0 Å². The smallest absolute Gasteiger partial charge is 0.242 e. The van der Waals surface area contributed by atoms with Gasteiger partial charge in [-0.2, -0.15) is 0 Å². The minimum absolute atomic E-state index is 0.411. The van der Waals surface area contributed by atoms with Gasteiger partial charge in [-0.25, -0.2) is 0 Å². The molecule has 0 amide bonds. The van der Waals surface area contributed by atoms with Gasteiger partial charge in [-0.15, -0.1) is 10.2 Å². The minimum atomic E-state index is 0.411. The van der Waals surface area contributed by atoms with Crippen molar-refractivity contribution in [1.82, 2.24) is 15.5 Å². The lowest BCUT2D eigenvalue weighted by molar-refractivity contribution is 0.102. The van der Waals surface area contributed by atoms with E-state index >= 15 is 0 Å². The fourth-order valence-electron chi connectivity index (χ4n) is 1.09. The molecule has 0 saturated heterocycles. The van der Waals surface area contributed by atoms with Crippen molar-refractivity contribution in [3.05, 3.63) is 11.8 Å². The number of aromatic nitrogens is 2. The van der Waals surface area contributed by atoms with Crippen molar-refractivity contribution in [3.63, 3.8) is 0 Å². The van der Waals surface area contributed by atoms with Gasteiger partial charge in [-0.1, -0.05) is 13.8 Å². The molecule has 0 spiro atoms. The highest BCUT2D eigenvalue weighted by molar-refractivity contribution is 4.79. The van der Waals surface area contributed by atoms with Crippen LogP contribution < -0.4 is 5.32 Å². The van der Waals surface area contributed by atoms with E-state index < -0.39 is 0 Å². The maximum absolute atomic E-state index is 5.37. The predicted molar refractivity (Wildman–Crippen MR) is 56.2 cm³/mol. The van der Waals surface area contributed by atoms with Gasteiger partial charge in [0.05, 0.1) is 6.54 Å². The molecule has 0 atom stereocenters. The minimum Gasteiger partial charge on any atom is -0.421 e. The third-order valence-corrected chi connectivity index (χ3v) is 1.79. The number of hydrogen-bond donors (Lipinski definition) is 1. The average molecular weight is 213 g/mol. The van der Waals surface area contributed by atoms with Crippen molar-refractivity contribution >= 4 is 0 Å². The van der Waals surface area contributed by atoms with Crippen molar-refractivity contribution in [2.75, 3.05) is 13.2 Å². The molecule has 1 N–H and O–H groups in total. The van der Waals surface area contributed by atoms with Gasteiger partial charge in [0.2, 0.25) is 11.8 Å². The van der Waals surface area contributed by atoms with Crippen LogP contribution >= 0.6 is 0 Å². The molecule has 15 heavy (non-hydrogen) atoms. The molecule has 0 saturated carbocycles. The Morgan fingerprint density at radius 2 is 2.00 bits per heavy atom. The van der Waals surface area contributed by atoms with E-state index in [4.69, 9.17) is 9.15 Å². The van der Waals surface area contributed by atoms with E-state index in [0.717, 1.165) is 26.0 Å². The third-order valence-electron chi connectivity index (χ3n) is 1.79. The predicted octanol–water partition coefficient (Wildman–Crippen LogP) is 1.50. The second-order valence-electron chi connectivity index (χ2n) is 3.32. The maximum Gasteiger partial charge on any atom is 0.242 e. The second kappa shape index (κ2) is 7.36. The highest BCUT2D eigenvalue weighted by Gasteiger charge is 2.04. The van der Waals surface area contributed by atoms with Crippen molar-refractivity contribution in [2.24, 2.45) is 0 Å². The molecule has 86 valence electrons. The fraction of sp³-hybridized carbons (Fsp3) is 0.800. The molecule has 0 unspecified atom stereocenters. The second-order valence-corrected chi connectivity index (χ2v) is 3.32. The van der Waals surface area contributed by atoms with E-state index in [9.17, 15) is 0 Å². The molecule has 5 nitrogen and oxygen atoms in total. The highest BCUT2D eigenvalue weighted by atomic mass is 16.5. The molecule has 0 aliphatic heterocycles. The number of nitrogens with zero attached hydrogens (tertiary/aromatic N) is 2. The zero-order chi connectivity index (χ0) is 10.9. The maximum atomic E-state index is 5.37. The summed E-state index contributed by atoms with van der Waals surface area (Å²) in [6.07, 6.45) is 2.10. The molecule has 1 heterocycles. The van der Waals surface area contributed by atoms with E-state index in [-0.39, 0.29) is 0 Å². The molecule has 0 radical (unpaired) electrons. The molecule has 0 aliphatic carbocycles. The van der Waals surface area contributed by atoms with Gasteiger partial charge in [-0.05, 0) is 19.4 Å². The molecule has 5 heteroatoms. The molecule has 1 aromatic heterocycles. The van der Waals surface area contributed by atoms with Crippen LogP contribution in [0.1, 0.15) is 38.5 Å². The zero-order valence-corrected chi connectivity index (χ0v) is 9.45. The van der Waals surface area contributed by atoms with Gasteiger partial charge in [0.1, 0.15) is 6.61 Å². The summed E-state index contributed by atoms with van der Waals surface area (Å²) in [6, 6.07) is 0. The van der Waals surface area contributed by atoms with Crippen LogP contribution in [0.15, 0.2) is 4.42 Å². The first kappa shape index (κ1) is 12.1. The van der Waals surface area contributed by atoms with E-state index in [2.05, 4.69) is 29.4 Å². The van der Waals surface area contributed by atoms with Gasteiger partial charge in [-0.3, -0.25) is 0 Å². The van der Waals surface area contributed by atoms with Crippen LogP contribution in [0.3, 0.4) is 0 Å². The topological polar surface area (TPSA) is 60.2 Å². The van der Waals surface area contributed by atoms with E-state index in [0.29, 0.717) is 24.9 Å². The standard InChI is InChI=1S/C10H19N3O2/c1-3-5-11-7-9-12-13-10(15-9)8-14-6-4-2/h11H,3-8H2,1-2H3. The average Bonchev–Trinajstić information content (AvgIpc) is 2.67.